The van der Waals surface area contributed by atoms with Gasteiger partial charge in [-0.15, -0.1) is 0 Å². The first kappa shape index (κ1) is 31.6. The zero-order valence-electron chi connectivity index (χ0n) is 30.8. The summed E-state index contributed by atoms with van der Waals surface area (Å²) in [5.41, 5.74) is 12.1. The number of fused-ring (bicyclic) bond motifs is 10. The Balaban J connectivity index is 1.06. The van der Waals surface area contributed by atoms with Crippen molar-refractivity contribution in [2.45, 2.75) is 0 Å². The minimum atomic E-state index is 0.689. The average Bonchev–Trinajstić information content (AvgIpc) is 3.93. The predicted octanol–water partition coefficient (Wildman–Crippen LogP) is 13.1. The fourth-order valence-corrected chi connectivity index (χ4v) is 9.00. The molecule has 5 heteroatoms. The van der Waals surface area contributed by atoms with Crippen LogP contribution in [-0.4, -0.2) is 23.7 Å². The lowest BCUT2D eigenvalue weighted by molar-refractivity contribution is 1.05. The smallest absolute Gasteiger partial charge is 0.162 e. The van der Waals surface area contributed by atoms with Crippen molar-refractivity contribution in [3.63, 3.8) is 0 Å². The van der Waals surface area contributed by atoms with Gasteiger partial charge >= 0.3 is 0 Å². The van der Waals surface area contributed by atoms with Crippen LogP contribution in [0, 0.1) is 0 Å². The molecule has 4 aromatic heterocycles. The second-order valence-electron chi connectivity index (χ2n) is 14.6. The molecule has 0 aliphatic rings. The number of benzene rings is 8. The topological polar surface area (TPSA) is 40.6 Å². The summed E-state index contributed by atoms with van der Waals surface area (Å²) < 4.78 is 7.10. The molecule has 0 fully saturated rings. The molecule has 8 aromatic carbocycles. The Kier molecular flexibility index (Phi) is 6.86. The SMILES string of the molecule is c1ccc(-c2nc(-c3ccc(-n4c5ccccc5c5c4ccc4c6ccccc6n(-c6ccccc6)c45)cc3)cc(-n3c4ccccc4c4ccccc43)n2)cc1. The molecule has 0 saturated heterocycles. The van der Waals surface area contributed by atoms with Crippen molar-refractivity contribution in [1.82, 2.24) is 23.7 Å². The van der Waals surface area contributed by atoms with Gasteiger partial charge in [0.1, 0.15) is 5.82 Å². The van der Waals surface area contributed by atoms with Gasteiger partial charge < -0.3 is 9.13 Å². The summed E-state index contributed by atoms with van der Waals surface area (Å²) in [6.45, 7) is 0. The fourth-order valence-electron chi connectivity index (χ4n) is 9.00. The van der Waals surface area contributed by atoms with Crippen LogP contribution in [0.3, 0.4) is 0 Å². The van der Waals surface area contributed by atoms with Gasteiger partial charge in [-0.1, -0.05) is 140 Å². The first-order valence-electron chi connectivity index (χ1n) is 19.3. The van der Waals surface area contributed by atoms with Crippen LogP contribution in [0.15, 0.2) is 200 Å². The molecular formula is C52H33N5. The van der Waals surface area contributed by atoms with Crippen LogP contribution in [-0.2, 0) is 0 Å². The van der Waals surface area contributed by atoms with Crippen LogP contribution in [0.1, 0.15) is 0 Å². The molecular weight excluding hydrogens is 695 g/mol. The average molecular weight is 728 g/mol. The van der Waals surface area contributed by atoms with Gasteiger partial charge in [0.15, 0.2) is 5.82 Å². The summed E-state index contributed by atoms with van der Waals surface area (Å²) in [5.74, 6) is 1.52. The molecule has 0 unspecified atom stereocenters. The summed E-state index contributed by atoms with van der Waals surface area (Å²) in [7, 11) is 0. The van der Waals surface area contributed by atoms with Gasteiger partial charge in [0.05, 0.1) is 38.8 Å². The van der Waals surface area contributed by atoms with E-state index in [1.54, 1.807) is 0 Å². The highest BCUT2D eigenvalue weighted by atomic mass is 15.1. The van der Waals surface area contributed by atoms with Crippen molar-refractivity contribution >= 4 is 65.4 Å². The zero-order chi connectivity index (χ0) is 37.5. The Morgan fingerprint density at radius 2 is 0.825 bits per heavy atom. The molecule has 0 bridgehead atoms. The lowest BCUT2D eigenvalue weighted by Crippen LogP contribution is -2.02. The van der Waals surface area contributed by atoms with E-state index in [9.17, 15) is 0 Å². The van der Waals surface area contributed by atoms with E-state index in [1.807, 2.05) is 18.2 Å². The third-order valence-corrected chi connectivity index (χ3v) is 11.5. The van der Waals surface area contributed by atoms with E-state index in [0.29, 0.717) is 5.82 Å². The first-order chi connectivity index (χ1) is 28.3. The number of aromatic nitrogens is 5. The molecule has 266 valence electrons. The fraction of sp³-hybridized carbons (Fsp3) is 0. The van der Waals surface area contributed by atoms with Crippen molar-refractivity contribution in [3.05, 3.63) is 200 Å². The van der Waals surface area contributed by atoms with Crippen molar-refractivity contribution in [2.75, 3.05) is 0 Å². The third kappa shape index (κ3) is 4.76. The van der Waals surface area contributed by atoms with Crippen molar-refractivity contribution < 1.29 is 0 Å². The molecule has 5 nitrogen and oxygen atoms in total. The van der Waals surface area contributed by atoms with Gasteiger partial charge in [-0.25, -0.2) is 9.97 Å². The van der Waals surface area contributed by atoms with Crippen LogP contribution < -0.4 is 0 Å². The maximum atomic E-state index is 5.21. The normalized spacial score (nSPS) is 11.9. The predicted molar refractivity (Wildman–Crippen MR) is 236 cm³/mol. The van der Waals surface area contributed by atoms with Gasteiger partial charge in [0.25, 0.3) is 0 Å². The molecule has 12 rings (SSSR count). The van der Waals surface area contributed by atoms with E-state index in [-0.39, 0.29) is 0 Å². The lowest BCUT2D eigenvalue weighted by atomic mass is 10.1. The summed E-state index contributed by atoms with van der Waals surface area (Å²) in [6.07, 6.45) is 0. The van der Waals surface area contributed by atoms with Crippen LogP contribution in [0.5, 0.6) is 0 Å². The number of para-hydroxylation sites is 5. The Hall–Kier alpha value is -7.76. The lowest BCUT2D eigenvalue weighted by Gasteiger charge is -2.13. The Bertz CT molecular complexity index is 3450. The maximum absolute atomic E-state index is 5.21. The molecule has 0 amide bonds. The van der Waals surface area contributed by atoms with E-state index in [1.165, 1.54) is 54.4 Å². The first-order valence-corrected chi connectivity index (χ1v) is 19.3. The van der Waals surface area contributed by atoms with Gasteiger partial charge in [0, 0.05) is 60.9 Å². The van der Waals surface area contributed by atoms with Gasteiger partial charge in [0.2, 0.25) is 0 Å². The minimum Gasteiger partial charge on any atom is -0.309 e. The minimum absolute atomic E-state index is 0.689. The van der Waals surface area contributed by atoms with E-state index in [0.717, 1.165) is 45.0 Å². The Labute approximate surface area is 328 Å². The second kappa shape index (κ2) is 12.4. The van der Waals surface area contributed by atoms with E-state index in [2.05, 4.69) is 196 Å². The molecule has 0 saturated carbocycles. The monoisotopic (exact) mass is 727 g/mol. The molecule has 0 aliphatic carbocycles. The van der Waals surface area contributed by atoms with Crippen LogP contribution in [0.4, 0.5) is 0 Å². The number of hydrogen-bond donors (Lipinski definition) is 0. The van der Waals surface area contributed by atoms with Gasteiger partial charge in [-0.2, -0.15) is 0 Å². The van der Waals surface area contributed by atoms with Crippen LogP contribution in [0.25, 0.3) is 105 Å². The third-order valence-electron chi connectivity index (χ3n) is 11.5. The van der Waals surface area contributed by atoms with Crippen LogP contribution in [0.2, 0.25) is 0 Å². The van der Waals surface area contributed by atoms with Gasteiger partial charge in [-0.3, -0.25) is 4.57 Å². The summed E-state index contributed by atoms with van der Waals surface area (Å²) in [4.78, 5) is 10.4. The quantitative estimate of drug-likeness (QED) is 0.177. The van der Waals surface area contributed by atoms with Crippen molar-refractivity contribution in [1.29, 1.82) is 0 Å². The summed E-state index contributed by atoms with van der Waals surface area (Å²) in [6, 6.07) is 71.2. The van der Waals surface area contributed by atoms with E-state index in [4.69, 9.17) is 9.97 Å². The molecule has 57 heavy (non-hydrogen) atoms. The highest BCUT2D eigenvalue weighted by molar-refractivity contribution is 6.26. The molecule has 0 aliphatic heterocycles. The van der Waals surface area contributed by atoms with Crippen LogP contribution >= 0.6 is 0 Å². The van der Waals surface area contributed by atoms with E-state index < -0.39 is 0 Å². The molecule has 0 N–H and O–H groups in total. The largest absolute Gasteiger partial charge is 0.309 e. The molecule has 0 spiro atoms. The number of rotatable bonds is 5. The molecule has 0 atom stereocenters. The number of nitrogens with zero attached hydrogens (tertiary/aromatic N) is 5. The van der Waals surface area contributed by atoms with Crippen molar-refractivity contribution in [2.24, 2.45) is 0 Å². The second-order valence-corrected chi connectivity index (χ2v) is 14.6. The molecule has 12 aromatic rings. The summed E-state index contributed by atoms with van der Waals surface area (Å²) >= 11 is 0. The molecule has 4 heterocycles. The molecule has 0 radical (unpaired) electrons. The van der Waals surface area contributed by atoms with Crippen molar-refractivity contribution in [3.8, 4) is 39.8 Å². The Morgan fingerprint density at radius 1 is 0.316 bits per heavy atom. The standard InChI is InChI=1S/C52H33N5/c1-3-15-35(16-4-1)52-53-43(33-49(54-52)57-45-24-12-7-19-38(45)39-20-8-13-25-46(39)57)34-27-29-37(30-28-34)55-47-26-14-10-22-42(47)50-48(55)32-31-41-40-21-9-11-23-44(40)56(51(41)50)36-17-5-2-6-18-36/h1-33H. The Morgan fingerprint density at radius 3 is 1.47 bits per heavy atom. The van der Waals surface area contributed by atoms with E-state index >= 15 is 0 Å². The highest BCUT2D eigenvalue weighted by Gasteiger charge is 2.21. The van der Waals surface area contributed by atoms with Gasteiger partial charge in [-0.05, 0) is 54.6 Å². The number of hydrogen-bond acceptors (Lipinski definition) is 2. The maximum Gasteiger partial charge on any atom is 0.162 e. The zero-order valence-corrected chi connectivity index (χ0v) is 30.8. The summed E-state index contributed by atoms with van der Waals surface area (Å²) in [5, 5.41) is 7.36. The highest BCUT2D eigenvalue weighted by Crippen LogP contribution is 2.42.